The van der Waals surface area contributed by atoms with E-state index in [4.69, 9.17) is 0 Å². The van der Waals surface area contributed by atoms with Crippen LogP contribution in [0.3, 0.4) is 0 Å². The van der Waals surface area contributed by atoms with Gasteiger partial charge >= 0.3 is 118 Å². The molecule has 20 N–H and O–H groups in total. The number of hydrogen-bond acceptors (Lipinski definition) is 7. The van der Waals surface area contributed by atoms with E-state index in [-0.39, 0.29) is 173 Å². The Morgan fingerprint density at radius 2 is 0.522 bits per heavy atom. The Balaban J connectivity index is -0.00000000352. The van der Waals surface area contributed by atoms with E-state index in [2.05, 4.69) is 4.31 Å². The van der Waals surface area contributed by atoms with Crippen LogP contribution in [-0.2, 0) is 13.4 Å². The average molecular weight is 446 g/mol. The summed E-state index contributed by atoms with van der Waals surface area (Å²) >= 11 is 0. The summed E-state index contributed by atoms with van der Waals surface area (Å²) in [5.74, 6) is 0. The second kappa shape index (κ2) is 56.2. The van der Waals surface area contributed by atoms with E-state index in [0.29, 0.717) is 0 Å². The Labute approximate surface area is 218 Å². The smallest absolute Gasteiger partial charge is 0.790 e. The number of phosphoric acid groups is 2. The molecule has 0 aliphatic carbocycles. The summed E-state index contributed by atoms with van der Waals surface area (Å²) in [5.41, 5.74) is 0. The maximum Gasteiger partial charge on any atom is 1.00 e. The van der Waals surface area contributed by atoms with Crippen LogP contribution in [0.5, 0.6) is 0 Å². The van der Waals surface area contributed by atoms with Gasteiger partial charge < -0.3 is 87.8 Å². The van der Waals surface area contributed by atoms with Crippen LogP contribution in [0.1, 0.15) is 0 Å². The number of rotatable bonds is 2. The summed E-state index contributed by atoms with van der Waals surface area (Å²) in [6, 6.07) is 0. The molecule has 0 saturated carbocycles. The van der Waals surface area contributed by atoms with E-state index in [1.165, 1.54) is 0 Å². The van der Waals surface area contributed by atoms with Gasteiger partial charge in [0.2, 0.25) is 0 Å². The van der Waals surface area contributed by atoms with Crippen molar-refractivity contribution in [3.05, 3.63) is 0 Å². The maximum absolute atomic E-state index is 9.32. The van der Waals surface area contributed by atoms with Gasteiger partial charge in [0.25, 0.3) is 0 Å². The largest absolute Gasteiger partial charge is 1.00 e. The van der Waals surface area contributed by atoms with E-state index < -0.39 is 15.6 Å². The molecule has 136 valence electrons. The molecule has 0 fully saturated rings. The molecule has 0 aliphatic rings. The normalized spacial score (nSPS) is 5.39. The monoisotopic (exact) mass is 446 g/mol. The van der Waals surface area contributed by atoms with Crippen LogP contribution in [0.4, 0.5) is 0 Å². The van der Waals surface area contributed by atoms with Crippen molar-refractivity contribution < 1.29 is 206 Å². The van der Waals surface area contributed by atoms with Gasteiger partial charge in [-0.25, -0.2) is 0 Å². The van der Waals surface area contributed by atoms with Crippen LogP contribution < -0.4 is 138 Å². The van der Waals surface area contributed by atoms with Crippen molar-refractivity contribution in [1.82, 2.24) is 0 Å². The Kier molecular flexibility index (Phi) is 312. The van der Waals surface area contributed by atoms with E-state index in [9.17, 15) is 28.7 Å². The molecule has 17 nitrogen and oxygen atoms in total. The summed E-state index contributed by atoms with van der Waals surface area (Å²) in [6.45, 7) is 0. The zero-order valence-electron chi connectivity index (χ0n) is 12.8. The van der Waals surface area contributed by atoms with Crippen LogP contribution in [0.2, 0.25) is 0 Å². The minimum absolute atomic E-state index is 0. The molecular weight excluding hydrogens is 426 g/mol. The first-order chi connectivity index (χ1) is 3.71. The minimum Gasteiger partial charge on any atom is -0.790 e. The van der Waals surface area contributed by atoms with E-state index in [1.54, 1.807) is 0 Å². The molecule has 0 aliphatic heterocycles. The topological polar surface area (TPSA) is 451 Å². The van der Waals surface area contributed by atoms with Crippen molar-refractivity contribution in [2.45, 2.75) is 0 Å². The molecule has 0 saturated heterocycles. The van der Waals surface area contributed by atoms with Crippen molar-refractivity contribution in [3.8, 4) is 0 Å². The molecular formula is H20Na4O17P2. The average Bonchev–Trinajstić information content (AvgIpc) is 1.14. The molecule has 0 unspecified atom stereocenters. The van der Waals surface area contributed by atoms with Gasteiger partial charge in [-0.2, -0.15) is 0 Å². The van der Waals surface area contributed by atoms with Gasteiger partial charge in [0, 0.05) is 0 Å². The summed E-state index contributed by atoms with van der Waals surface area (Å²) in [4.78, 5) is 37.3. The van der Waals surface area contributed by atoms with Gasteiger partial charge in [-0.1, -0.05) is 0 Å². The molecule has 0 atom stereocenters. The Bertz CT molecular complexity index is 165. The maximum atomic E-state index is 9.32. The Morgan fingerprint density at radius 3 is 0.522 bits per heavy atom. The summed E-state index contributed by atoms with van der Waals surface area (Å²) in [6.07, 6.45) is 0. The summed E-state index contributed by atoms with van der Waals surface area (Å²) < 4.78 is 21.2. The first-order valence-electron chi connectivity index (χ1n) is 1.46. The zero-order valence-corrected chi connectivity index (χ0v) is 22.5. The first-order valence-corrected chi connectivity index (χ1v) is 4.38. The third-order valence-corrected chi connectivity index (χ3v) is 1.80. The molecule has 23 heteroatoms. The van der Waals surface area contributed by atoms with Crippen molar-refractivity contribution >= 4 is 15.6 Å². The third-order valence-electron chi connectivity index (χ3n) is 0.200. The molecule has 0 aromatic carbocycles. The molecule has 0 heterocycles. The minimum atomic E-state index is -5.68. The first kappa shape index (κ1) is 128. The van der Waals surface area contributed by atoms with E-state index >= 15 is 0 Å². The van der Waals surface area contributed by atoms with Crippen molar-refractivity contribution in [1.29, 1.82) is 0 Å². The second-order valence-electron chi connectivity index (χ2n) is 0.976. The zero-order chi connectivity index (χ0) is 7.71. The predicted molar refractivity (Wildman–Crippen MR) is 52.4 cm³/mol. The molecule has 0 aromatic heterocycles. The van der Waals surface area contributed by atoms with Crippen molar-refractivity contribution in [3.63, 3.8) is 0 Å². The SMILES string of the molecule is O.O.O.O.O.O.O.O.O.O.O=P([O-])([O-])OP(=O)([O-])[O-].[Na+].[Na+].[Na+].[Na+]. The fourth-order valence-corrected chi connectivity index (χ4v) is 1.10. The van der Waals surface area contributed by atoms with Crippen LogP contribution in [0.25, 0.3) is 0 Å². The van der Waals surface area contributed by atoms with Gasteiger partial charge in [-0.3, -0.25) is 0 Å². The van der Waals surface area contributed by atoms with Crippen molar-refractivity contribution in [2.75, 3.05) is 0 Å². The quantitative estimate of drug-likeness (QED) is 0.290. The van der Waals surface area contributed by atoms with Gasteiger partial charge in [0.05, 0.1) is 15.6 Å². The van der Waals surface area contributed by atoms with Gasteiger partial charge in [0.15, 0.2) is 0 Å². The van der Waals surface area contributed by atoms with Gasteiger partial charge in [-0.05, 0) is 0 Å². The standard InChI is InChI=1S/4Na.H4O7P2.10H2O/c;;;;1-8(2,3)7-9(4,5)6;;;;;;;;;;/h;;;;(H2,1,2,3)(H2,4,5,6);10*1H2/q4*+1;;;;;;;;;;;/p-4. The third kappa shape index (κ3) is 151. The van der Waals surface area contributed by atoms with Crippen LogP contribution in [-0.4, -0.2) is 54.8 Å². The van der Waals surface area contributed by atoms with E-state index in [1.807, 2.05) is 0 Å². The second-order valence-corrected chi connectivity index (χ2v) is 3.42. The molecule has 0 aromatic rings. The predicted octanol–water partition coefficient (Wildman–Crippen LogP) is -23.6. The summed E-state index contributed by atoms with van der Waals surface area (Å²) in [7, 11) is -11.4. The Hall–Kier alpha value is 3.86. The molecule has 23 heavy (non-hydrogen) atoms. The van der Waals surface area contributed by atoms with Gasteiger partial charge in [0.1, 0.15) is 0 Å². The van der Waals surface area contributed by atoms with Crippen molar-refractivity contribution in [2.24, 2.45) is 0 Å². The van der Waals surface area contributed by atoms with Gasteiger partial charge in [-0.15, -0.1) is 0 Å². The molecule has 0 bridgehead atoms. The summed E-state index contributed by atoms with van der Waals surface area (Å²) in [5, 5.41) is 0. The van der Waals surface area contributed by atoms with Crippen LogP contribution >= 0.6 is 15.6 Å². The number of hydrogen-bond donors (Lipinski definition) is 0. The van der Waals surface area contributed by atoms with Crippen LogP contribution in [0.15, 0.2) is 0 Å². The molecule has 0 rings (SSSR count). The molecule has 0 amide bonds. The molecule has 0 radical (unpaired) electrons. The van der Waals surface area contributed by atoms with Crippen LogP contribution in [0, 0.1) is 0 Å². The van der Waals surface area contributed by atoms with E-state index in [0.717, 1.165) is 0 Å². The fraction of sp³-hybridized carbons (Fsp3) is 0. The fourth-order valence-electron chi connectivity index (χ4n) is 0.122. The molecule has 0 spiro atoms. The Morgan fingerprint density at radius 1 is 0.435 bits per heavy atom.